The number of hydrogen-bond acceptors (Lipinski definition) is 12. The maximum absolute atomic E-state index is 13.5. The fourth-order valence-electron chi connectivity index (χ4n) is 3.97. The molecule has 3 heterocycles. The van der Waals surface area contributed by atoms with Crippen LogP contribution in [0.5, 0.6) is 5.75 Å². The molecular weight excluding hydrogens is 599 g/mol. The summed E-state index contributed by atoms with van der Waals surface area (Å²) in [5, 5.41) is 20.4. The number of hydroxylamine groups is 2. The zero-order valence-electron chi connectivity index (χ0n) is 21.8. The monoisotopic (exact) mass is 623 g/mol. The number of aliphatic carboxylic acids is 1. The molecule has 2 N–H and O–H groups in total. The molecule has 0 saturated carbocycles. The van der Waals surface area contributed by atoms with Crippen LogP contribution in [0.25, 0.3) is 11.0 Å². The van der Waals surface area contributed by atoms with E-state index < -0.39 is 29.9 Å². The number of nitrogens with zero attached hydrogens (tertiary/aromatic N) is 3. The van der Waals surface area contributed by atoms with Crippen LogP contribution in [0.1, 0.15) is 20.8 Å². The molecule has 1 amide bonds. The number of rotatable bonds is 8. The van der Waals surface area contributed by atoms with Crippen molar-refractivity contribution < 1.29 is 34.2 Å². The minimum atomic E-state index is -1.27. The summed E-state index contributed by atoms with van der Waals surface area (Å²) in [5.41, 5.74) is 0.851. The van der Waals surface area contributed by atoms with Crippen molar-refractivity contribution in [2.75, 3.05) is 25.2 Å². The highest BCUT2D eigenvalue weighted by molar-refractivity contribution is 8.30. The van der Waals surface area contributed by atoms with Crippen LogP contribution in [0, 0.1) is 5.92 Å². The van der Waals surface area contributed by atoms with Crippen LogP contribution in [0.2, 0.25) is 0 Å². The highest BCUT2D eigenvalue weighted by Crippen LogP contribution is 2.49. The van der Waals surface area contributed by atoms with Crippen molar-refractivity contribution in [1.29, 1.82) is 0 Å². The number of carbonyl (C=O) groups is 3. The summed E-state index contributed by atoms with van der Waals surface area (Å²) in [5.74, 6) is -2.06. The molecule has 1 saturated heterocycles. The Hall–Kier alpha value is -3.11. The summed E-state index contributed by atoms with van der Waals surface area (Å²) < 4.78 is 11.7. The van der Waals surface area contributed by atoms with Crippen LogP contribution >= 0.6 is 47.1 Å². The number of carboxylic acid groups (broad SMARTS) is 1. The second kappa shape index (κ2) is 12.2. The lowest BCUT2D eigenvalue weighted by molar-refractivity contribution is -0.141. The van der Waals surface area contributed by atoms with Gasteiger partial charge in [-0.2, -0.15) is 5.06 Å². The quantitative estimate of drug-likeness (QED) is 0.253. The summed E-state index contributed by atoms with van der Waals surface area (Å²) in [7, 11) is 1.55. The summed E-state index contributed by atoms with van der Waals surface area (Å²) >= 11 is 8.13. The van der Waals surface area contributed by atoms with Gasteiger partial charge in [0, 0.05) is 11.0 Å². The Balaban J connectivity index is 1.97. The van der Waals surface area contributed by atoms with Gasteiger partial charge in [0.2, 0.25) is 0 Å². The third-order valence-electron chi connectivity index (χ3n) is 5.80. The largest absolute Gasteiger partial charge is 0.497 e. The smallest absolute Gasteiger partial charge is 0.325 e. The molecule has 11 nitrogen and oxygen atoms in total. The Morgan fingerprint density at radius 1 is 1.18 bits per heavy atom. The Bertz CT molecular complexity index is 1620. The fraction of sp³-hybridized carbons (Fsp3) is 0.320. The first kappa shape index (κ1) is 29.9. The summed E-state index contributed by atoms with van der Waals surface area (Å²) in [6.45, 7) is 5.05. The number of hydrogen-bond donors (Lipinski definition) is 2. The van der Waals surface area contributed by atoms with Crippen LogP contribution < -0.4 is 24.4 Å². The number of benzene rings is 1. The Morgan fingerprint density at radius 2 is 1.90 bits per heavy atom. The van der Waals surface area contributed by atoms with E-state index in [2.05, 4.69) is 0 Å². The van der Waals surface area contributed by atoms with E-state index in [0.717, 1.165) is 38.2 Å². The molecule has 15 heteroatoms. The molecule has 0 radical (unpaired) electrons. The normalized spacial score (nSPS) is 18.1. The van der Waals surface area contributed by atoms with Crippen molar-refractivity contribution in [2.45, 2.75) is 32.2 Å². The van der Waals surface area contributed by atoms with E-state index >= 15 is 0 Å². The van der Waals surface area contributed by atoms with E-state index in [1.54, 1.807) is 20.1 Å². The third-order valence-corrected chi connectivity index (χ3v) is 9.62. The second-order valence-corrected chi connectivity index (χ2v) is 12.5. The molecule has 0 aliphatic carbocycles. The zero-order valence-corrected chi connectivity index (χ0v) is 25.1. The van der Waals surface area contributed by atoms with Gasteiger partial charge in [-0.3, -0.25) is 29.0 Å². The average Bonchev–Trinajstić information content (AvgIpc) is 3.49. The maximum Gasteiger partial charge on any atom is 0.325 e. The van der Waals surface area contributed by atoms with Crippen LogP contribution in [0.4, 0.5) is 5.69 Å². The van der Waals surface area contributed by atoms with E-state index in [0.29, 0.717) is 21.4 Å². The number of anilines is 1. The van der Waals surface area contributed by atoms with Crippen LogP contribution in [0.15, 0.2) is 38.5 Å². The summed E-state index contributed by atoms with van der Waals surface area (Å²) in [6, 6.07) is 5.52. The topological polar surface area (TPSA) is 139 Å². The van der Waals surface area contributed by atoms with E-state index in [9.17, 15) is 29.5 Å². The minimum absolute atomic E-state index is 0.0343. The van der Waals surface area contributed by atoms with Crippen molar-refractivity contribution >= 4 is 85.9 Å². The zero-order chi connectivity index (χ0) is 29.3. The number of fused-ring (bicyclic) bond motifs is 1. The Labute approximate surface area is 246 Å². The van der Waals surface area contributed by atoms with Crippen molar-refractivity contribution in [2.24, 2.45) is 5.92 Å². The number of amides is 1. The molecule has 212 valence electrons. The molecule has 0 atom stereocenters. The van der Waals surface area contributed by atoms with Crippen molar-refractivity contribution in [1.82, 2.24) is 9.63 Å². The highest BCUT2D eigenvalue weighted by Gasteiger charge is 2.34. The Kier molecular flexibility index (Phi) is 9.09. The third kappa shape index (κ3) is 5.83. The SMILES string of the molecule is CCOC(=O)CN1C(=C(C=c2sc(=C3SC(=S)N(O)C3=O)n(CC(=O)O)c2=O)C(C)C)Sc2ccc(OC)cc21. The van der Waals surface area contributed by atoms with Gasteiger partial charge in [-0.05, 0) is 60.6 Å². The number of carboxylic acids is 1. The minimum Gasteiger partial charge on any atom is -0.497 e. The summed E-state index contributed by atoms with van der Waals surface area (Å²) in [6.07, 6.45) is 1.66. The van der Waals surface area contributed by atoms with Gasteiger partial charge in [0.05, 0.1) is 29.0 Å². The molecule has 4 rings (SSSR count). The fourth-order valence-corrected chi connectivity index (χ4v) is 7.60. The van der Waals surface area contributed by atoms with Crippen LogP contribution in [0.3, 0.4) is 0 Å². The van der Waals surface area contributed by atoms with Crippen LogP contribution in [-0.2, 0) is 25.7 Å². The summed E-state index contributed by atoms with van der Waals surface area (Å²) in [4.78, 5) is 52.9. The average molecular weight is 624 g/mol. The molecule has 0 unspecified atom stereocenters. The maximum atomic E-state index is 13.5. The number of thiocarbonyl (C=S) groups is 1. The first-order chi connectivity index (χ1) is 19.0. The number of ether oxygens (including phenoxy) is 2. The number of carbonyl (C=O) groups excluding carboxylic acids is 2. The van der Waals surface area contributed by atoms with Gasteiger partial charge >= 0.3 is 11.9 Å². The van der Waals surface area contributed by atoms with E-state index in [4.69, 9.17) is 21.7 Å². The highest BCUT2D eigenvalue weighted by atomic mass is 32.2. The first-order valence-electron chi connectivity index (χ1n) is 11.9. The van der Waals surface area contributed by atoms with Crippen molar-refractivity contribution in [3.05, 3.63) is 48.4 Å². The number of thiazole rings is 1. The van der Waals surface area contributed by atoms with E-state index in [-0.39, 0.29) is 37.5 Å². The van der Waals surface area contributed by atoms with Crippen molar-refractivity contribution in [3.63, 3.8) is 0 Å². The number of methoxy groups -OCH3 is 1. The molecule has 2 aromatic rings. The number of allylic oxidation sites excluding steroid dienone is 1. The van der Waals surface area contributed by atoms with Gasteiger partial charge in [0.15, 0.2) is 4.32 Å². The molecule has 0 spiro atoms. The van der Waals surface area contributed by atoms with Gasteiger partial charge in [-0.25, -0.2) is 0 Å². The molecule has 1 aromatic heterocycles. The number of esters is 1. The Morgan fingerprint density at radius 3 is 2.48 bits per heavy atom. The standard InChI is InChI=1S/C25H25N3O8S4/c1-5-36-19(31)11-26-15-8-13(35-4)6-7-16(15)38-23(26)14(12(2)3)9-17-21(32)27(10-18(29)30)24(39-17)20-22(33)28(34)25(37)40-20/h6-9,12,34H,5,10-11H2,1-4H3,(H,29,30). The first-order valence-corrected chi connectivity index (χ1v) is 14.8. The molecule has 1 fully saturated rings. The molecule has 0 bridgehead atoms. The molecule has 2 aliphatic heterocycles. The van der Waals surface area contributed by atoms with Crippen molar-refractivity contribution in [3.8, 4) is 5.75 Å². The van der Waals surface area contributed by atoms with E-state index in [1.807, 2.05) is 36.9 Å². The molecule has 2 aliphatic rings. The van der Waals surface area contributed by atoms with Gasteiger partial charge in [0.25, 0.3) is 11.5 Å². The predicted molar refractivity (Wildman–Crippen MR) is 157 cm³/mol. The lowest BCUT2D eigenvalue weighted by atomic mass is 10.0. The number of thioether (sulfide) groups is 2. The lowest BCUT2D eigenvalue weighted by Crippen LogP contribution is -2.35. The van der Waals surface area contributed by atoms with E-state index in [1.165, 1.54) is 11.8 Å². The van der Waals surface area contributed by atoms with Gasteiger partial charge < -0.3 is 19.5 Å². The van der Waals surface area contributed by atoms with Crippen LogP contribution in [-0.4, -0.2) is 62.4 Å². The van der Waals surface area contributed by atoms with Gasteiger partial charge in [-0.1, -0.05) is 25.6 Å². The second-order valence-electron chi connectivity index (χ2n) is 8.76. The lowest BCUT2D eigenvalue weighted by Gasteiger charge is -2.23. The molecule has 40 heavy (non-hydrogen) atoms. The predicted octanol–water partition coefficient (Wildman–Crippen LogP) is 2.18. The number of aromatic nitrogens is 1. The molecular formula is C25H25N3O8S4. The van der Waals surface area contributed by atoms with Gasteiger partial charge in [0.1, 0.15) is 28.4 Å². The molecule has 1 aromatic carbocycles. The van der Waals surface area contributed by atoms with Gasteiger partial charge in [-0.15, -0.1) is 11.3 Å².